The van der Waals surface area contributed by atoms with Gasteiger partial charge < -0.3 is 65.1 Å². The molecular weight excluding hydrogens is 1210 g/mol. The van der Waals surface area contributed by atoms with Gasteiger partial charge >= 0.3 is 0 Å². The van der Waals surface area contributed by atoms with Crippen molar-refractivity contribution in [3.8, 4) is 0 Å². The molecule has 96 heavy (non-hydrogen) atoms. The summed E-state index contributed by atoms with van der Waals surface area (Å²) in [6, 6.07) is -0.931. The van der Waals surface area contributed by atoms with Gasteiger partial charge in [0.05, 0.1) is 32.0 Å². The number of nitrogens with one attached hydrogen (secondary N) is 1. The van der Waals surface area contributed by atoms with Gasteiger partial charge in [-0.1, -0.05) is 359 Å². The predicted molar refractivity (Wildman–Crippen MR) is 397 cm³/mol. The maximum Gasteiger partial charge on any atom is 0.220 e. The molecule has 0 spiro atoms. The Hall–Kier alpha value is -1.79. The minimum Gasteiger partial charge on any atom is -0.394 e. The lowest BCUT2D eigenvalue weighted by molar-refractivity contribution is -0.359. The highest BCUT2D eigenvalue weighted by Gasteiger charge is 2.51. The lowest BCUT2D eigenvalue weighted by Crippen LogP contribution is -2.65. The SMILES string of the molecule is CCCCCCCCCC/C=C\CCCCCCCCCCCCCCCCCCCCCCCCCCCCCC(=O)NC(COC1OC(CO)C(OC2OC(CO)C(O)C(O)C2O)C(O)C1O)C(O)/C=C/CC/C=C/CCCCCCCCCCCCCCCCCCC. The monoisotopic (exact) mass is 1360 g/mol. The van der Waals surface area contributed by atoms with Crippen LogP contribution in [0.1, 0.15) is 386 Å². The van der Waals surface area contributed by atoms with Gasteiger partial charge in [0.25, 0.3) is 0 Å². The number of ether oxygens (including phenoxy) is 4. The minimum atomic E-state index is -1.79. The van der Waals surface area contributed by atoms with Crippen LogP contribution in [-0.4, -0.2) is 140 Å². The van der Waals surface area contributed by atoms with E-state index in [1.807, 2.05) is 6.08 Å². The van der Waals surface area contributed by atoms with Crippen molar-refractivity contribution in [2.75, 3.05) is 19.8 Å². The Morgan fingerprint density at radius 1 is 0.365 bits per heavy atom. The second-order valence-corrected chi connectivity index (χ2v) is 29.2. The summed E-state index contributed by atoms with van der Waals surface area (Å²) in [5, 5.41) is 87.6. The quantitative estimate of drug-likeness (QED) is 0.0204. The molecule has 0 aliphatic carbocycles. The van der Waals surface area contributed by atoms with Gasteiger partial charge in [0, 0.05) is 6.42 Å². The third-order valence-corrected chi connectivity index (χ3v) is 20.3. The molecule has 2 heterocycles. The number of aliphatic hydroxyl groups is 8. The lowest BCUT2D eigenvalue weighted by atomic mass is 9.97. The number of hydrogen-bond acceptors (Lipinski definition) is 13. The molecule has 14 heteroatoms. The van der Waals surface area contributed by atoms with Crippen molar-refractivity contribution in [1.29, 1.82) is 0 Å². The lowest BCUT2D eigenvalue weighted by Gasteiger charge is -2.46. The molecule has 0 aromatic carbocycles. The van der Waals surface area contributed by atoms with Crippen molar-refractivity contribution < 1.29 is 64.6 Å². The van der Waals surface area contributed by atoms with Crippen LogP contribution in [0.3, 0.4) is 0 Å². The fourth-order valence-electron chi connectivity index (χ4n) is 13.8. The van der Waals surface area contributed by atoms with Crippen LogP contribution in [0.4, 0.5) is 0 Å². The number of rotatable bonds is 70. The van der Waals surface area contributed by atoms with Crippen LogP contribution in [0.15, 0.2) is 36.5 Å². The van der Waals surface area contributed by atoms with E-state index in [-0.39, 0.29) is 18.9 Å². The van der Waals surface area contributed by atoms with Crippen LogP contribution in [0.2, 0.25) is 0 Å². The van der Waals surface area contributed by atoms with E-state index in [0.717, 1.165) is 32.1 Å². The van der Waals surface area contributed by atoms with E-state index >= 15 is 0 Å². The van der Waals surface area contributed by atoms with Crippen LogP contribution >= 0.6 is 0 Å². The van der Waals surface area contributed by atoms with E-state index in [0.29, 0.717) is 12.8 Å². The maximum absolute atomic E-state index is 13.4. The van der Waals surface area contributed by atoms with Gasteiger partial charge in [0.2, 0.25) is 5.91 Å². The molecule has 0 aromatic rings. The highest BCUT2D eigenvalue weighted by atomic mass is 16.7. The normalized spacial score (nSPS) is 22.4. The average Bonchev–Trinajstić information content (AvgIpc) is 0.806. The van der Waals surface area contributed by atoms with Gasteiger partial charge in [0.1, 0.15) is 48.8 Å². The van der Waals surface area contributed by atoms with E-state index < -0.39 is 86.8 Å². The highest BCUT2D eigenvalue weighted by molar-refractivity contribution is 5.76. The first-order valence-corrected chi connectivity index (χ1v) is 41.2. The molecule has 2 fully saturated rings. The molecule has 0 saturated carbocycles. The van der Waals surface area contributed by atoms with Gasteiger partial charge in [0.15, 0.2) is 12.6 Å². The van der Waals surface area contributed by atoms with E-state index in [9.17, 15) is 45.6 Å². The predicted octanol–water partition coefficient (Wildman–Crippen LogP) is 18.8. The van der Waals surface area contributed by atoms with Gasteiger partial charge in [-0.05, 0) is 57.8 Å². The van der Waals surface area contributed by atoms with Gasteiger partial charge in [-0.25, -0.2) is 0 Å². The Bertz CT molecular complexity index is 1750. The summed E-state index contributed by atoms with van der Waals surface area (Å²) in [5.74, 6) is -0.241. The van der Waals surface area contributed by atoms with E-state index in [1.54, 1.807) is 6.08 Å². The number of unbranched alkanes of at least 4 members (excludes halogenated alkanes) is 53. The molecule has 14 nitrogen and oxygen atoms in total. The molecule has 0 radical (unpaired) electrons. The third kappa shape index (κ3) is 48.9. The average molecular weight is 1360 g/mol. The summed E-state index contributed by atoms with van der Waals surface area (Å²) < 4.78 is 22.9. The summed E-state index contributed by atoms with van der Waals surface area (Å²) in [6.07, 6.45) is 71.1. The summed E-state index contributed by atoms with van der Waals surface area (Å²) in [5.41, 5.74) is 0. The highest BCUT2D eigenvalue weighted by Crippen LogP contribution is 2.30. The third-order valence-electron chi connectivity index (χ3n) is 20.3. The van der Waals surface area contributed by atoms with Gasteiger partial charge in [-0.3, -0.25) is 4.79 Å². The molecular formula is C82H155NO13. The second-order valence-electron chi connectivity index (χ2n) is 29.2. The first-order valence-electron chi connectivity index (χ1n) is 41.2. The summed E-state index contributed by atoms with van der Waals surface area (Å²) in [6.45, 7) is 2.84. The standard InChI is InChI=1S/C82H155NO13/c1-3-5-7-9-11-13-15-17-19-21-23-25-27-28-29-30-31-32-33-34-35-36-37-38-39-40-41-42-44-46-48-50-52-54-56-58-60-62-64-66-74(87)83-70(69-93-81-79(92)77(90)80(73(68-85)95-81)96-82-78(91)76(89)75(88)72(67-84)94-82)71(86)65-63-61-59-57-55-53-51-49-47-45-43-26-24-22-20-18-16-14-12-10-8-6-4-2/h21,23,55,57,63,65,70-73,75-82,84-86,88-92H,3-20,22,24-54,56,58-62,64,66-69H2,1-2H3,(H,83,87)/b23-21-,57-55+,65-63+. The van der Waals surface area contributed by atoms with Crippen LogP contribution in [0, 0.1) is 0 Å². The van der Waals surface area contributed by atoms with E-state index in [2.05, 4.69) is 43.5 Å². The van der Waals surface area contributed by atoms with Crippen LogP contribution in [0.5, 0.6) is 0 Å². The van der Waals surface area contributed by atoms with Crippen molar-refractivity contribution in [1.82, 2.24) is 5.32 Å². The molecule has 2 rings (SSSR count). The second kappa shape index (κ2) is 66.4. The summed E-state index contributed by atoms with van der Waals surface area (Å²) in [4.78, 5) is 13.4. The van der Waals surface area contributed by atoms with Crippen LogP contribution in [-0.2, 0) is 23.7 Å². The zero-order chi connectivity index (χ0) is 69.4. The van der Waals surface area contributed by atoms with Gasteiger partial charge in [-0.15, -0.1) is 0 Å². The Morgan fingerprint density at radius 3 is 1.02 bits per heavy atom. The molecule has 1 amide bonds. The van der Waals surface area contributed by atoms with E-state index in [1.165, 1.54) is 321 Å². The zero-order valence-corrected chi connectivity index (χ0v) is 62.1. The van der Waals surface area contributed by atoms with Crippen molar-refractivity contribution in [2.24, 2.45) is 0 Å². The van der Waals surface area contributed by atoms with Crippen molar-refractivity contribution in [3.05, 3.63) is 36.5 Å². The van der Waals surface area contributed by atoms with Crippen molar-refractivity contribution in [2.45, 2.75) is 460 Å². The Balaban J connectivity index is 1.57. The van der Waals surface area contributed by atoms with E-state index in [4.69, 9.17) is 18.9 Å². The molecule has 0 bridgehead atoms. The minimum absolute atomic E-state index is 0.241. The topological polar surface area (TPSA) is 228 Å². The number of amides is 1. The first-order chi connectivity index (χ1) is 47.1. The number of aliphatic hydroxyl groups excluding tert-OH is 8. The molecule has 2 aliphatic rings. The molecule has 12 unspecified atom stereocenters. The number of carbonyl (C=O) groups is 1. The number of allylic oxidation sites excluding steroid dienone is 5. The smallest absolute Gasteiger partial charge is 0.220 e. The van der Waals surface area contributed by atoms with Crippen LogP contribution < -0.4 is 5.32 Å². The Kier molecular flexibility index (Phi) is 62.5. The van der Waals surface area contributed by atoms with Crippen molar-refractivity contribution >= 4 is 5.91 Å². The fourth-order valence-corrected chi connectivity index (χ4v) is 13.8. The molecule has 2 aliphatic heterocycles. The Labute approximate surface area is 589 Å². The van der Waals surface area contributed by atoms with Gasteiger partial charge in [-0.2, -0.15) is 0 Å². The molecule has 2 saturated heterocycles. The van der Waals surface area contributed by atoms with Crippen LogP contribution in [0.25, 0.3) is 0 Å². The zero-order valence-electron chi connectivity index (χ0n) is 62.1. The number of carbonyl (C=O) groups excluding carboxylic acids is 1. The number of hydrogen-bond donors (Lipinski definition) is 9. The first kappa shape index (κ1) is 90.3. The molecule has 12 atom stereocenters. The molecule has 0 aromatic heterocycles. The fraction of sp³-hybridized carbons (Fsp3) is 0.915. The molecule has 566 valence electrons. The maximum atomic E-state index is 13.4. The molecule has 9 N–H and O–H groups in total. The summed E-state index contributed by atoms with van der Waals surface area (Å²) in [7, 11) is 0. The largest absolute Gasteiger partial charge is 0.394 e. The van der Waals surface area contributed by atoms with Crippen molar-refractivity contribution in [3.63, 3.8) is 0 Å². The Morgan fingerprint density at radius 2 is 0.667 bits per heavy atom. The summed E-state index contributed by atoms with van der Waals surface area (Å²) >= 11 is 0.